The van der Waals surface area contributed by atoms with Crippen LogP contribution in [-0.4, -0.2) is 69.9 Å². The Morgan fingerprint density at radius 2 is 1.81 bits per heavy atom. The minimum atomic E-state index is -0.275. The van der Waals surface area contributed by atoms with Crippen molar-refractivity contribution in [1.82, 2.24) is 14.7 Å². The highest BCUT2D eigenvalue weighted by atomic mass is 35.5. The van der Waals surface area contributed by atoms with E-state index in [0.717, 1.165) is 30.5 Å². The molecule has 1 aromatic carbocycles. The minimum Gasteiger partial charge on any atom is -0.358 e. The van der Waals surface area contributed by atoms with E-state index >= 15 is 0 Å². The summed E-state index contributed by atoms with van der Waals surface area (Å²) in [6.45, 7) is 5.25. The molecule has 0 spiro atoms. The molecule has 1 aromatic rings. The Hall–Kier alpha value is -0.890. The number of hydrogen-bond donors (Lipinski definition) is 0. The summed E-state index contributed by atoms with van der Waals surface area (Å²) >= 11 is 13.0. The molecule has 0 N–H and O–H groups in total. The smallest absolute Gasteiger partial charge is 0.233 e. The monoisotopic (exact) mass is 415 g/mol. The van der Waals surface area contributed by atoms with Gasteiger partial charge in [-0.15, -0.1) is 0 Å². The fourth-order valence-corrected chi connectivity index (χ4v) is 4.64. The van der Waals surface area contributed by atoms with E-state index in [1.165, 1.54) is 30.7 Å². The number of thioether (sulfide) groups is 1. The predicted molar refractivity (Wildman–Crippen MR) is 109 cm³/mol. The van der Waals surface area contributed by atoms with Crippen LogP contribution in [0.2, 0.25) is 5.02 Å². The molecule has 2 aliphatic rings. The molecular formula is C18H23ClFN3OS2. The van der Waals surface area contributed by atoms with Crippen LogP contribution in [0.3, 0.4) is 0 Å². The van der Waals surface area contributed by atoms with Gasteiger partial charge in [-0.2, -0.15) is 0 Å². The van der Waals surface area contributed by atoms with Crippen molar-refractivity contribution in [3.8, 4) is 0 Å². The average molecular weight is 416 g/mol. The molecule has 0 radical (unpaired) electrons. The van der Waals surface area contributed by atoms with Crippen LogP contribution < -0.4 is 0 Å². The minimum absolute atomic E-state index is 0.125. The lowest BCUT2D eigenvalue weighted by atomic mass is 10.2. The third kappa shape index (κ3) is 5.09. The topological polar surface area (TPSA) is 26.8 Å². The Morgan fingerprint density at radius 3 is 2.46 bits per heavy atom. The first-order chi connectivity index (χ1) is 12.5. The third-order valence-electron chi connectivity index (χ3n) is 4.85. The zero-order valence-electron chi connectivity index (χ0n) is 14.6. The van der Waals surface area contributed by atoms with Gasteiger partial charge in [0.15, 0.2) is 0 Å². The maximum atomic E-state index is 13.9. The molecule has 0 saturated carbocycles. The van der Waals surface area contributed by atoms with E-state index in [4.69, 9.17) is 23.8 Å². The third-order valence-corrected chi connectivity index (χ3v) is 6.71. The number of piperazine rings is 1. The highest BCUT2D eigenvalue weighted by Crippen LogP contribution is 2.22. The number of hydrogen-bond acceptors (Lipinski definition) is 4. The van der Waals surface area contributed by atoms with Gasteiger partial charge in [-0.05, 0) is 25.0 Å². The largest absolute Gasteiger partial charge is 0.358 e. The molecule has 142 valence electrons. The van der Waals surface area contributed by atoms with Gasteiger partial charge in [0.2, 0.25) is 5.91 Å². The number of likely N-dealkylation sites (tertiary alicyclic amines) is 1. The number of rotatable bonds is 4. The highest BCUT2D eigenvalue weighted by Gasteiger charge is 2.23. The van der Waals surface area contributed by atoms with Crippen LogP contribution in [0.5, 0.6) is 0 Å². The summed E-state index contributed by atoms with van der Waals surface area (Å²) in [5, 5.41) is 0.454. The first-order valence-electron chi connectivity index (χ1n) is 8.89. The normalized spacial score (nSPS) is 18.4. The molecule has 0 atom stereocenters. The number of benzene rings is 1. The van der Waals surface area contributed by atoms with E-state index in [1.54, 1.807) is 12.1 Å². The number of carbonyl (C=O) groups is 1. The van der Waals surface area contributed by atoms with Crippen LogP contribution in [0.25, 0.3) is 0 Å². The number of halogens is 2. The van der Waals surface area contributed by atoms with Crippen molar-refractivity contribution < 1.29 is 9.18 Å². The van der Waals surface area contributed by atoms with Crippen LogP contribution >= 0.6 is 35.6 Å². The lowest BCUT2D eigenvalue weighted by Crippen LogP contribution is -2.49. The van der Waals surface area contributed by atoms with Gasteiger partial charge in [-0.3, -0.25) is 9.69 Å². The van der Waals surface area contributed by atoms with Crippen molar-refractivity contribution in [2.75, 3.05) is 45.0 Å². The van der Waals surface area contributed by atoms with Crippen LogP contribution in [0.15, 0.2) is 18.2 Å². The van der Waals surface area contributed by atoms with E-state index in [1.807, 2.05) is 4.90 Å². The summed E-state index contributed by atoms with van der Waals surface area (Å²) in [4.78, 5) is 18.6. The van der Waals surface area contributed by atoms with Crippen molar-refractivity contribution in [3.05, 3.63) is 34.6 Å². The molecule has 8 heteroatoms. The number of nitrogens with zero attached hydrogens (tertiary/aromatic N) is 3. The van der Waals surface area contributed by atoms with Crippen molar-refractivity contribution in [1.29, 1.82) is 0 Å². The van der Waals surface area contributed by atoms with Crippen LogP contribution in [0, 0.1) is 5.82 Å². The van der Waals surface area contributed by atoms with Gasteiger partial charge in [0.1, 0.15) is 10.1 Å². The molecule has 2 saturated heterocycles. The maximum absolute atomic E-state index is 13.9. The number of thiocarbonyl (C=S) groups is 1. The van der Waals surface area contributed by atoms with Crippen LogP contribution in [-0.2, 0) is 11.3 Å². The molecule has 1 amide bonds. The fourth-order valence-electron chi connectivity index (χ4n) is 3.27. The Morgan fingerprint density at radius 1 is 1.12 bits per heavy atom. The number of amides is 1. The van der Waals surface area contributed by atoms with Gasteiger partial charge >= 0.3 is 0 Å². The molecule has 2 aliphatic heterocycles. The van der Waals surface area contributed by atoms with E-state index < -0.39 is 0 Å². The summed E-state index contributed by atoms with van der Waals surface area (Å²) < 4.78 is 14.8. The predicted octanol–water partition coefficient (Wildman–Crippen LogP) is 3.24. The first kappa shape index (κ1) is 19.9. The second-order valence-corrected chi connectivity index (χ2v) is 8.62. The fraction of sp³-hybridized carbons (Fsp3) is 0.556. The van der Waals surface area contributed by atoms with E-state index in [2.05, 4.69) is 9.80 Å². The summed E-state index contributed by atoms with van der Waals surface area (Å²) in [7, 11) is 0. The lowest BCUT2D eigenvalue weighted by molar-refractivity contribution is -0.130. The molecule has 0 aromatic heterocycles. The lowest BCUT2D eigenvalue weighted by Gasteiger charge is -2.35. The Kier molecular flexibility index (Phi) is 7.14. The highest BCUT2D eigenvalue weighted by molar-refractivity contribution is 8.23. The van der Waals surface area contributed by atoms with Gasteiger partial charge in [-0.1, -0.05) is 41.6 Å². The van der Waals surface area contributed by atoms with E-state index in [0.29, 0.717) is 36.0 Å². The van der Waals surface area contributed by atoms with Gasteiger partial charge < -0.3 is 9.80 Å². The Balaban J connectivity index is 1.43. The van der Waals surface area contributed by atoms with Crippen molar-refractivity contribution in [2.24, 2.45) is 0 Å². The van der Waals surface area contributed by atoms with Crippen LogP contribution in [0.4, 0.5) is 4.39 Å². The second-order valence-electron chi connectivity index (χ2n) is 6.61. The molecule has 0 bridgehead atoms. The zero-order valence-corrected chi connectivity index (χ0v) is 17.0. The van der Waals surface area contributed by atoms with Gasteiger partial charge in [-0.25, -0.2) is 4.39 Å². The molecule has 0 unspecified atom stereocenters. The van der Waals surface area contributed by atoms with Gasteiger partial charge in [0, 0.05) is 56.4 Å². The molecule has 3 rings (SSSR count). The zero-order chi connectivity index (χ0) is 18.5. The van der Waals surface area contributed by atoms with Gasteiger partial charge in [0.05, 0.1) is 5.75 Å². The van der Waals surface area contributed by atoms with Crippen molar-refractivity contribution in [2.45, 2.75) is 19.4 Å². The Labute approximate surface area is 168 Å². The van der Waals surface area contributed by atoms with Crippen molar-refractivity contribution >= 4 is 45.8 Å². The quantitative estimate of drug-likeness (QED) is 0.703. The molecule has 0 aliphatic carbocycles. The van der Waals surface area contributed by atoms with Gasteiger partial charge in [0.25, 0.3) is 0 Å². The van der Waals surface area contributed by atoms with E-state index in [-0.39, 0.29) is 11.7 Å². The average Bonchev–Trinajstić information content (AvgIpc) is 3.18. The Bertz CT molecular complexity index is 642. The SMILES string of the molecule is O=C(CSC(=S)N1CCCC1)N1CCN(Cc2c(F)cccc2Cl)CC1. The maximum Gasteiger partial charge on any atom is 0.233 e. The molecule has 26 heavy (non-hydrogen) atoms. The molecule has 4 nitrogen and oxygen atoms in total. The second kappa shape index (κ2) is 9.35. The summed E-state index contributed by atoms with van der Waals surface area (Å²) in [5.74, 6) is 0.247. The molecular weight excluding hydrogens is 393 g/mol. The molecule has 2 fully saturated rings. The molecule has 2 heterocycles. The standard InChI is InChI=1S/C18H23ClFN3OS2/c19-15-4-3-5-16(20)14(15)12-21-8-10-22(11-9-21)17(24)13-26-18(25)23-6-1-2-7-23/h3-5H,1-2,6-13H2. The van der Waals surface area contributed by atoms with Crippen molar-refractivity contribution in [3.63, 3.8) is 0 Å². The summed E-state index contributed by atoms with van der Waals surface area (Å²) in [6, 6.07) is 4.75. The summed E-state index contributed by atoms with van der Waals surface area (Å²) in [5.41, 5.74) is 0.528. The van der Waals surface area contributed by atoms with Crippen LogP contribution in [0.1, 0.15) is 18.4 Å². The first-order valence-corrected chi connectivity index (χ1v) is 10.7. The summed E-state index contributed by atoms with van der Waals surface area (Å²) in [6.07, 6.45) is 2.37. The van der Waals surface area contributed by atoms with E-state index in [9.17, 15) is 9.18 Å². The number of carbonyl (C=O) groups excluding carboxylic acids is 1.